The summed E-state index contributed by atoms with van der Waals surface area (Å²) < 4.78 is 32.1. The van der Waals surface area contributed by atoms with E-state index in [9.17, 15) is 18.0 Å². The van der Waals surface area contributed by atoms with Crippen LogP contribution < -0.4 is 5.32 Å². The van der Waals surface area contributed by atoms with E-state index >= 15 is 0 Å². The molecule has 0 aromatic carbocycles. The number of sulfonamides is 1. The van der Waals surface area contributed by atoms with Gasteiger partial charge < -0.3 is 15.0 Å². The smallest absolute Gasteiger partial charge is 0.269 e. The Hall–Kier alpha value is -2.93. The second-order valence-electron chi connectivity index (χ2n) is 7.55. The Morgan fingerprint density at radius 3 is 2.62 bits per heavy atom. The fourth-order valence-electron chi connectivity index (χ4n) is 3.95. The molecule has 13 heteroatoms. The lowest BCUT2D eigenvalue weighted by Gasteiger charge is -2.46. The third-order valence-corrected chi connectivity index (χ3v) is 6.86. The molecule has 34 heavy (non-hydrogen) atoms. The van der Waals surface area contributed by atoms with Gasteiger partial charge >= 0.3 is 0 Å². The summed E-state index contributed by atoms with van der Waals surface area (Å²) in [6.45, 7) is 3.87. The number of piperazine rings is 1. The van der Waals surface area contributed by atoms with Crippen molar-refractivity contribution in [2.75, 3.05) is 40.1 Å². The average Bonchev–Trinajstić information content (AvgIpc) is 2.82. The predicted molar refractivity (Wildman–Crippen MR) is 126 cm³/mol. The highest BCUT2D eigenvalue weighted by Gasteiger charge is 2.43. The fraction of sp³-hybridized carbons (Fsp3) is 0.381. The number of carbonyl (C=O) groups is 2. The summed E-state index contributed by atoms with van der Waals surface area (Å²) in [4.78, 5) is 38.5. The van der Waals surface area contributed by atoms with Gasteiger partial charge in [-0.2, -0.15) is 4.31 Å². The van der Waals surface area contributed by atoms with E-state index in [4.69, 9.17) is 16.3 Å². The van der Waals surface area contributed by atoms with Gasteiger partial charge in [0.15, 0.2) is 0 Å². The normalized spacial score (nSPS) is 19.0. The first-order valence-corrected chi connectivity index (χ1v) is 12.4. The van der Waals surface area contributed by atoms with Crippen LogP contribution in [0.2, 0.25) is 5.15 Å². The minimum absolute atomic E-state index is 0.0693. The number of halogens is 1. The second kappa shape index (κ2) is 10.6. The zero-order valence-corrected chi connectivity index (χ0v) is 20.5. The summed E-state index contributed by atoms with van der Waals surface area (Å²) >= 11 is 6.33. The maximum Gasteiger partial charge on any atom is 0.269 e. The molecule has 0 radical (unpaired) electrons. The zero-order valence-electron chi connectivity index (χ0n) is 18.9. The van der Waals surface area contributed by atoms with Crippen molar-refractivity contribution in [2.24, 2.45) is 0 Å². The number of ether oxygens (including phenoxy) is 1. The molecule has 1 aliphatic heterocycles. The lowest BCUT2D eigenvalue weighted by Crippen LogP contribution is -2.59. The summed E-state index contributed by atoms with van der Waals surface area (Å²) in [7, 11) is -0.718. The maximum atomic E-state index is 12.7. The first-order valence-electron chi connectivity index (χ1n) is 10.2. The van der Waals surface area contributed by atoms with E-state index in [1.807, 2.05) is 0 Å². The number of carbonyl (C=O) groups excluding carboxylic acids is 2. The van der Waals surface area contributed by atoms with Crippen molar-refractivity contribution in [3.63, 3.8) is 0 Å². The molecule has 2 aromatic heterocycles. The van der Waals surface area contributed by atoms with Crippen LogP contribution in [-0.2, 0) is 19.6 Å². The van der Waals surface area contributed by atoms with Gasteiger partial charge in [0.25, 0.3) is 5.91 Å². The molecule has 3 rings (SSSR count). The Morgan fingerprint density at radius 2 is 2.00 bits per heavy atom. The van der Waals surface area contributed by atoms with Crippen molar-refractivity contribution in [1.82, 2.24) is 29.5 Å². The Balaban J connectivity index is 2.17. The number of hydrogen-bond acceptors (Lipinski definition) is 8. The quantitative estimate of drug-likeness (QED) is 0.430. The van der Waals surface area contributed by atoms with Gasteiger partial charge in [0.1, 0.15) is 17.2 Å². The van der Waals surface area contributed by atoms with Crippen LogP contribution in [0.15, 0.2) is 37.2 Å². The average molecular weight is 509 g/mol. The molecule has 0 spiro atoms. The number of aromatic nitrogens is 3. The topological polar surface area (TPSA) is 135 Å². The Bertz CT molecular complexity index is 1210. The monoisotopic (exact) mass is 508 g/mol. The van der Waals surface area contributed by atoms with Crippen molar-refractivity contribution in [3.05, 3.63) is 53.6 Å². The van der Waals surface area contributed by atoms with Gasteiger partial charge in [-0.3, -0.25) is 9.59 Å². The van der Waals surface area contributed by atoms with Gasteiger partial charge in [0, 0.05) is 27.2 Å². The first kappa shape index (κ1) is 25.7. The van der Waals surface area contributed by atoms with E-state index in [2.05, 4.69) is 26.8 Å². The highest BCUT2D eigenvalue weighted by atomic mass is 35.5. The van der Waals surface area contributed by atoms with Crippen molar-refractivity contribution in [3.8, 4) is 11.4 Å². The number of nitrogens with one attached hydrogen (secondary N) is 1. The Morgan fingerprint density at radius 1 is 1.26 bits per heavy atom. The zero-order chi connectivity index (χ0) is 25.0. The first-order chi connectivity index (χ1) is 16.1. The number of pyridine rings is 1. The molecule has 1 N–H and O–H groups in total. The number of hydrogen-bond donors (Lipinski definition) is 1. The molecule has 2 amide bonds. The van der Waals surface area contributed by atoms with Crippen LogP contribution in [0, 0.1) is 0 Å². The summed E-state index contributed by atoms with van der Waals surface area (Å²) in [6, 6.07) is 3.16. The highest BCUT2D eigenvalue weighted by Crippen LogP contribution is 2.36. The van der Waals surface area contributed by atoms with Crippen LogP contribution >= 0.6 is 11.6 Å². The van der Waals surface area contributed by atoms with Crippen LogP contribution in [0.25, 0.3) is 11.4 Å². The van der Waals surface area contributed by atoms with E-state index in [0.717, 1.165) is 6.26 Å². The van der Waals surface area contributed by atoms with E-state index in [1.54, 1.807) is 12.1 Å². The number of methoxy groups -OCH3 is 1. The molecule has 182 valence electrons. The molecule has 0 unspecified atom stereocenters. The Labute approximate surface area is 202 Å². The molecule has 1 aliphatic rings. The van der Waals surface area contributed by atoms with Gasteiger partial charge in [-0.05, 0) is 29.8 Å². The molecule has 2 atom stereocenters. The van der Waals surface area contributed by atoms with Crippen molar-refractivity contribution < 1.29 is 22.7 Å². The molecule has 0 saturated carbocycles. The third kappa shape index (κ3) is 5.41. The fourth-order valence-corrected chi connectivity index (χ4v) is 5.25. The second-order valence-corrected chi connectivity index (χ2v) is 9.88. The summed E-state index contributed by atoms with van der Waals surface area (Å²) in [5.74, 6) is -0.744. The largest absolute Gasteiger partial charge is 0.382 e. The molecular formula is C21H25ClN6O5S. The highest BCUT2D eigenvalue weighted by molar-refractivity contribution is 7.88. The molecule has 2 aromatic rings. The lowest BCUT2D eigenvalue weighted by molar-refractivity contribution is -0.133. The standard InChI is InChI=1S/C21H25ClN6O5S/c1-5-19(29)27-6-7-28(34(4,31)32)20(17(27)11-33-3)13-8-15(26-18(22)9-13)14-10-16(21(30)23-2)25-12-24-14/h5,8-10,12,17,20H,1,6-7,11H2,2-4H3,(H,23,30)/t17-,20-/m1/s1. The van der Waals surface area contributed by atoms with Crippen molar-refractivity contribution in [2.45, 2.75) is 12.1 Å². The lowest BCUT2D eigenvalue weighted by atomic mass is 9.95. The van der Waals surface area contributed by atoms with E-state index in [0.29, 0.717) is 17.0 Å². The van der Waals surface area contributed by atoms with Crippen LogP contribution in [0.1, 0.15) is 22.1 Å². The molecule has 1 saturated heterocycles. The van der Waals surface area contributed by atoms with Gasteiger partial charge in [-0.1, -0.05) is 18.2 Å². The summed E-state index contributed by atoms with van der Waals surface area (Å²) in [5, 5.41) is 2.58. The van der Waals surface area contributed by atoms with Crippen LogP contribution in [0.5, 0.6) is 0 Å². The molecule has 3 heterocycles. The van der Waals surface area contributed by atoms with E-state index in [-0.39, 0.29) is 36.5 Å². The van der Waals surface area contributed by atoms with Crippen LogP contribution in [0.4, 0.5) is 0 Å². The van der Waals surface area contributed by atoms with Gasteiger partial charge in [0.05, 0.1) is 36.3 Å². The van der Waals surface area contributed by atoms with Crippen molar-refractivity contribution in [1.29, 1.82) is 0 Å². The predicted octanol–water partition coefficient (Wildman–Crippen LogP) is 0.897. The van der Waals surface area contributed by atoms with Gasteiger partial charge in [-0.15, -0.1) is 0 Å². The number of amides is 2. The molecule has 0 bridgehead atoms. The maximum absolute atomic E-state index is 12.7. The Kier molecular flexibility index (Phi) is 7.97. The van der Waals surface area contributed by atoms with E-state index < -0.39 is 28.0 Å². The van der Waals surface area contributed by atoms with Crippen molar-refractivity contribution >= 4 is 33.4 Å². The van der Waals surface area contributed by atoms with Crippen LogP contribution in [0.3, 0.4) is 0 Å². The SMILES string of the molecule is C=CC(=O)N1CCN(S(C)(=O)=O)[C@H](c2cc(Cl)nc(-c3cc(C(=O)NC)ncn3)c2)[C@H]1COC. The number of nitrogens with zero attached hydrogens (tertiary/aromatic N) is 5. The molecule has 11 nitrogen and oxygen atoms in total. The number of rotatable bonds is 7. The molecular weight excluding hydrogens is 484 g/mol. The molecule has 1 fully saturated rings. The third-order valence-electron chi connectivity index (χ3n) is 5.40. The summed E-state index contributed by atoms with van der Waals surface area (Å²) in [5.41, 5.74) is 1.25. The van der Waals surface area contributed by atoms with Crippen LogP contribution in [-0.4, -0.2) is 90.5 Å². The summed E-state index contributed by atoms with van der Waals surface area (Å²) in [6.07, 6.45) is 3.52. The van der Waals surface area contributed by atoms with E-state index in [1.165, 1.54) is 41.8 Å². The minimum Gasteiger partial charge on any atom is -0.382 e. The van der Waals surface area contributed by atoms with Gasteiger partial charge in [-0.25, -0.2) is 23.4 Å². The van der Waals surface area contributed by atoms with Gasteiger partial charge in [0.2, 0.25) is 15.9 Å². The molecule has 0 aliphatic carbocycles. The minimum atomic E-state index is -3.67.